The van der Waals surface area contributed by atoms with Crippen molar-refractivity contribution in [1.82, 2.24) is 15.2 Å². The maximum atomic E-state index is 13.3. The first-order valence-electron chi connectivity index (χ1n) is 12.9. The number of carbonyl (C=O) groups is 2. The Balaban J connectivity index is 1.45. The zero-order valence-electron chi connectivity index (χ0n) is 21.4. The van der Waals surface area contributed by atoms with Crippen molar-refractivity contribution in [1.29, 1.82) is 0 Å². The summed E-state index contributed by atoms with van der Waals surface area (Å²) in [6, 6.07) is 13.4. The van der Waals surface area contributed by atoms with Gasteiger partial charge in [0.15, 0.2) is 0 Å². The molecule has 2 fully saturated rings. The Morgan fingerprint density at radius 3 is 2.49 bits per heavy atom. The van der Waals surface area contributed by atoms with Crippen LogP contribution in [0, 0.1) is 29.1 Å². The standard InChI is InChI=1S/C29H39N3O3/c1-19(28(35)32(4)18-21-8-6-5-7-9-21)23-10-14-29(3)15-11-24(20(2)25(29)26(23)33)31-27(34)22-12-16-30-17-13-22/h5-9,12-13,16-17,19-20,23-26,33H,10-11,14-15,18H2,1-4H3,(H,31,34)/t19-,20+,23-,24-,25+,26-,29-/m0/s1. The van der Waals surface area contributed by atoms with Crippen LogP contribution < -0.4 is 5.32 Å². The Labute approximate surface area is 209 Å². The molecule has 1 aromatic carbocycles. The van der Waals surface area contributed by atoms with Gasteiger partial charge in [-0.3, -0.25) is 14.6 Å². The molecule has 0 spiro atoms. The number of hydrogen-bond donors (Lipinski definition) is 2. The fraction of sp³-hybridized carbons (Fsp3) is 0.552. The highest BCUT2D eigenvalue weighted by molar-refractivity contribution is 5.94. The minimum Gasteiger partial charge on any atom is -0.392 e. The summed E-state index contributed by atoms with van der Waals surface area (Å²) in [5.74, 6) is -0.222. The van der Waals surface area contributed by atoms with Crippen molar-refractivity contribution < 1.29 is 14.7 Å². The second kappa shape index (κ2) is 10.5. The first-order chi connectivity index (χ1) is 16.7. The summed E-state index contributed by atoms with van der Waals surface area (Å²) in [5, 5.41) is 14.9. The molecular weight excluding hydrogens is 438 g/mol. The van der Waals surface area contributed by atoms with E-state index in [2.05, 4.69) is 24.1 Å². The van der Waals surface area contributed by atoms with E-state index in [9.17, 15) is 14.7 Å². The van der Waals surface area contributed by atoms with Gasteiger partial charge in [-0.2, -0.15) is 0 Å². The van der Waals surface area contributed by atoms with Crippen molar-refractivity contribution in [2.75, 3.05) is 7.05 Å². The van der Waals surface area contributed by atoms with E-state index in [1.807, 2.05) is 44.3 Å². The van der Waals surface area contributed by atoms with Crippen LogP contribution in [0.5, 0.6) is 0 Å². The number of rotatable bonds is 6. The molecule has 4 rings (SSSR count). The first kappa shape index (κ1) is 25.4. The maximum absolute atomic E-state index is 13.3. The highest BCUT2D eigenvalue weighted by Gasteiger charge is 2.54. The van der Waals surface area contributed by atoms with E-state index in [0.29, 0.717) is 12.1 Å². The number of benzene rings is 1. The molecule has 2 aliphatic carbocycles. The van der Waals surface area contributed by atoms with Crippen LogP contribution in [0.15, 0.2) is 54.9 Å². The Bertz CT molecular complexity index is 1010. The van der Waals surface area contributed by atoms with E-state index >= 15 is 0 Å². The fourth-order valence-corrected chi connectivity index (χ4v) is 6.72. The van der Waals surface area contributed by atoms with Crippen molar-refractivity contribution in [2.45, 2.75) is 65.1 Å². The molecule has 2 aromatic rings. The van der Waals surface area contributed by atoms with Gasteiger partial charge >= 0.3 is 0 Å². The average molecular weight is 478 g/mol. The van der Waals surface area contributed by atoms with Crippen LogP contribution in [0.3, 0.4) is 0 Å². The number of carbonyl (C=O) groups excluding carboxylic acids is 2. The third-order valence-corrected chi connectivity index (χ3v) is 8.82. The molecular formula is C29H39N3O3. The Morgan fingerprint density at radius 1 is 1.14 bits per heavy atom. The van der Waals surface area contributed by atoms with Gasteiger partial charge in [-0.15, -0.1) is 0 Å². The number of aromatic nitrogens is 1. The molecule has 0 bridgehead atoms. The van der Waals surface area contributed by atoms with Crippen LogP contribution >= 0.6 is 0 Å². The number of nitrogens with one attached hydrogen (secondary N) is 1. The van der Waals surface area contributed by atoms with Gasteiger partial charge in [0.25, 0.3) is 5.91 Å². The largest absolute Gasteiger partial charge is 0.392 e. The molecule has 1 aromatic heterocycles. The number of aliphatic hydroxyl groups excluding tert-OH is 1. The topological polar surface area (TPSA) is 82.5 Å². The molecule has 1 heterocycles. The summed E-state index contributed by atoms with van der Waals surface area (Å²) in [4.78, 5) is 31.9. The van der Waals surface area contributed by atoms with E-state index in [4.69, 9.17) is 0 Å². The number of nitrogens with zero attached hydrogens (tertiary/aromatic N) is 2. The minimum absolute atomic E-state index is 0.00565. The van der Waals surface area contributed by atoms with Crippen LogP contribution in [0.25, 0.3) is 0 Å². The highest BCUT2D eigenvalue weighted by Crippen LogP contribution is 2.55. The zero-order valence-corrected chi connectivity index (χ0v) is 21.4. The van der Waals surface area contributed by atoms with Gasteiger partial charge in [0.2, 0.25) is 5.91 Å². The van der Waals surface area contributed by atoms with Crippen LogP contribution in [0.2, 0.25) is 0 Å². The molecule has 0 saturated heterocycles. The minimum atomic E-state index is -0.576. The third-order valence-electron chi connectivity index (χ3n) is 8.82. The van der Waals surface area contributed by atoms with Crippen LogP contribution in [0.1, 0.15) is 62.4 Å². The van der Waals surface area contributed by atoms with Crippen LogP contribution in [-0.2, 0) is 11.3 Å². The molecule has 0 radical (unpaired) electrons. The molecule has 188 valence electrons. The summed E-state index contributed by atoms with van der Waals surface area (Å²) >= 11 is 0. The van der Waals surface area contributed by atoms with Crippen LogP contribution in [-0.4, -0.2) is 46.0 Å². The van der Waals surface area contributed by atoms with Gasteiger partial charge in [-0.1, -0.05) is 51.1 Å². The Morgan fingerprint density at radius 2 is 1.80 bits per heavy atom. The van der Waals surface area contributed by atoms with Gasteiger partial charge in [-0.05, 0) is 66.5 Å². The normalized spacial score (nSPS) is 31.2. The molecule has 7 atom stereocenters. The van der Waals surface area contributed by atoms with E-state index in [-0.39, 0.29) is 46.9 Å². The molecule has 6 nitrogen and oxygen atoms in total. The number of fused-ring (bicyclic) bond motifs is 1. The summed E-state index contributed by atoms with van der Waals surface area (Å²) in [7, 11) is 1.85. The number of amides is 2. The molecule has 2 N–H and O–H groups in total. The van der Waals surface area contributed by atoms with Gasteiger partial charge in [0.05, 0.1) is 6.10 Å². The Hall–Kier alpha value is -2.73. The predicted molar refractivity (Wildman–Crippen MR) is 136 cm³/mol. The predicted octanol–water partition coefficient (Wildman–Crippen LogP) is 4.30. The fourth-order valence-electron chi connectivity index (χ4n) is 6.72. The lowest BCUT2D eigenvalue weighted by Crippen LogP contribution is -2.58. The third kappa shape index (κ3) is 5.27. The maximum Gasteiger partial charge on any atom is 0.251 e. The average Bonchev–Trinajstić information content (AvgIpc) is 2.86. The summed E-state index contributed by atoms with van der Waals surface area (Å²) < 4.78 is 0. The SMILES string of the molecule is C[C@H]1[C@@H]2[C@@H](O)[C@H]([C@H](C)C(=O)N(C)Cc3ccccc3)CC[C@@]2(C)CC[C@@H]1NC(=O)c1ccncc1. The second-order valence-corrected chi connectivity index (χ2v) is 11.1. The van der Waals surface area contributed by atoms with Crippen molar-refractivity contribution >= 4 is 11.8 Å². The monoisotopic (exact) mass is 477 g/mol. The molecule has 35 heavy (non-hydrogen) atoms. The van der Waals surface area contributed by atoms with E-state index < -0.39 is 6.10 Å². The molecule has 2 amide bonds. The number of aliphatic hydroxyl groups is 1. The molecule has 6 heteroatoms. The highest BCUT2D eigenvalue weighted by atomic mass is 16.3. The molecule has 2 aliphatic rings. The lowest BCUT2D eigenvalue weighted by Gasteiger charge is -2.56. The Kier molecular flexibility index (Phi) is 7.60. The van der Waals surface area contributed by atoms with Gasteiger partial charge < -0.3 is 15.3 Å². The van der Waals surface area contributed by atoms with Crippen molar-refractivity contribution in [3.05, 3.63) is 66.0 Å². The summed E-state index contributed by atoms with van der Waals surface area (Å²) in [5.41, 5.74) is 1.72. The lowest BCUT2D eigenvalue weighted by atomic mass is 9.51. The quantitative estimate of drug-likeness (QED) is 0.650. The van der Waals surface area contributed by atoms with E-state index in [1.165, 1.54) is 0 Å². The molecule has 0 unspecified atom stereocenters. The van der Waals surface area contributed by atoms with E-state index in [0.717, 1.165) is 31.2 Å². The number of hydrogen-bond acceptors (Lipinski definition) is 4. The van der Waals surface area contributed by atoms with Crippen LogP contribution in [0.4, 0.5) is 0 Å². The number of pyridine rings is 1. The molecule has 2 saturated carbocycles. The van der Waals surface area contributed by atoms with E-state index in [1.54, 1.807) is 29.4 Å². The second-order valence-electron chi connectivity index (χ2n) is 11.1. The zero-order chi connectivity index (χ0) is 25.2. The van der Waals surface area contributed by atoms with Gasteiger partial charge in [-0.25, -0.2) is 0 Å². The van der Waals surface area contributed by atoms with Crippen molar-refractivity contribution in [3.63, 3.8) is 0 Å². The summed E-state index contributed by atoms with van der Waals surface area (Å²) in [6.45, 7) is 6.96. The lowest BCUT2D eigenvalue weighted by molar-refractivity contribution is -0.149. The first-order valence-corrected chi connectivity index (χ1v) is 12.9. The molecule has 0 aliphatic heterocycles. The van der Waals surface area contributed by atoms with Crippen molar-refractivity contribution in [2.24, 2.45) is 29.1 Å². The summed E-state index contributed by atoms with van der Waals surface area (Å²) in [6.07, 6.45) is 6.38. The smallest absolute Gasteiger partial charge is 0.251 e. The van der Waals surface area contributed by atoms with Gasteiger partial charge in [0.1, 0.15) is 0 Å². The van der Waals surface area contributed by atoms with Crippen molar-refractivity contribution in [3.8, 4) is 0 Å². The van der Waals surface area contributed by atoms with Gasteiger partial charge in [0, 0.05) is 43.5 Å².